The summed E-state index contributed by atoms with van der Waals surface area (Å²) < 4.78 is 23.1. The fourth-order valence-electron chi connectivity index (χ4n) is 4.52. The molecule has 1 unspecified atom stereocenters. The number of carbonyl (C=O) groups is 1. The Balaban J connectivity index is 2.16. The molecule has 1 aliphatic rings. The van der Waals surface area contributed by atoms with Gasteiger partial charge in [0, 0.05) is 34.0 Å². The van der Waals surface area contributed by atoms with Gasteiger partial charge in [-0.2, -0.15) is 10.6 Å². The summed E-state index contributed by atoms with van der Waals surface area (Å²) in [7, 11) is -3.03. The summed E-state index contributed by atoms with van der Waals surface area (Å²) in [6, 6.07) is 14.2. The van der Waals surface area contributed by atoms with Crippen molar-refractivity contribution in [1.29, 1.82) is 0 Å². The molecule has 182 valence electrons. The molecule has 1 atom stereocenters. The molecule has 3 rings (SSSR count). The van der Waals surface area contributed by atoms with Crippen LogP contribution in [0, 0.1) is 5.41 Å². The number of fused-ring (bicyclic) bond motifs is 1. The number of hydrogen-bond donors (Lipinski definition) is 3. The zero-order valence-electron chi connectivity index (χ0n) is 19.6. The van der Waals surface area contributed by atoms with Crippen LogP contribution in [-0.2, 0) is 10.5 Å². The van der Waals surface area contributed by atoms with Crippen LogP contribution in [0.1, 0.15) is 45.1 Å². The van der Waals surface area contributed by atoms with Gasteiger partial charge in [0.05, 0.1) is 16.3 Å². The van der Waals surface area contributed by atoms with Gasteiger partial charge in [-0.15, -0.1) is 23.5 Å². The van der Waals surface area contributed by atoms with Crippen molar-refractivity contribution in [1.82, 2.24) is 0 Å². The highest BCUT2D eigenvalue weighted by Gasteiger charge is 2.41. The van der Waals surface area contributed by atoms with Crippen LogP contribution in [0.4, 0.5) is 11.4 Å². The van der Waals surface area contributed by atoms with E-state index in [1.54, 1.807) is 11.8 Å². The summed E-state index contributed by atoms with van der Waals surface area (Å²) in [6.45, 7) is 5.07. The zero-order valence-corrected chi connectivity index (χ0v) is 22.1. The van der Waals surface area contributed by atoms with Crippen molar-refractivity contribution in [3.05, 3.63) is 48.0 Å². The van der Waals surface area contributed by atoms with Crippen molar-refractivity contribution >= 4 is 51.5 Å². The first-order chi connectivity index (χ1) is 15.7. The highest BCUT2D eigenvalue weighted by atomic mass is 32.3. The van der Waals surface area contributed by atoms with Gasteiger partial charge in [0.1, 0.15) is 0 Å². The molecule has 1 aliphatic heterocycles. The lowest BCUT2D eigenvalue weighted by Gasteiger charge is -2.41. The summed E-state index contributed by atoms with van der Waals surface area (Å²) >= 11 is 2.94. The highest BCUT2D eigenvalue weighted by Crippen LogP contribution is 2.61. The van der Waals surface area contributed by atoms with Gasteiger partial charge in [-0.05, 0) is 48.9 Å². The number of thioether (sulfide) groups is 2. The monoisotopic (exact) mass is 509 g/mol. The van der Waals surface area contributed by atoms with Gasteiger partial charge in [-0.3, -0.25) is 13.9 Å². The van der Waals surface area contributed by atoms with Gasteiger partial charge < -0.3 is 10.0 Å². The third kappa shape index (κ3) is 6.22. The molecule has 0 saturated heterocycles. The third-order valence-corrected chi connectivity index (χ3v) is 10.2. The molecule has 2 aromatic carbocycles. The van der Waals surface area contributed by atoms with Gasteiger partial charge >= 0.3 is 5.97 Å². The van der Waals surface area contributed by atoms with E-state index >= 15 is 0 Å². The van der Waals surface area contributed by atoms with Crippen molar-refractivity contribution in [3.8, 4) is 0 Å². The lowest BCUT2D eigenvalue weighted by molar-refractivity contribution is -0.133. The van der Waals surface area contributed by atoms with Gasteiger partial charge in [0.15, 0.2) is 0 Å². The Morgan fingerprint density at radius 1 is 1.18 bits per heavy atom. The number of anilines is 2. The molecule has 5 nitrogen and oxygen atoms in total. The topological polar surface area (TPSA) is 81.0 Å². The van der Waals surface area contributed by atoms with E-state index in [1.165, 1.54) is 11.8 Å². The van der Waals surface area contributed by atoms with Crippen LogP contribution < -0.4 is 4.90 Å². The Kier molecular flexibility index (Phi) is 9.08. The van der Waals surface area contributed by atoms with E-state index in [1.807, 2.05) is 30.5 Å². The Morgan fingerprint density at radius 2 is 1.91 bits per heavy atom. The minimum Gasteiger partial charge on any atom is -0.481 e. The average molecular weight is 510 g/mol. The Labute approximate surface area is 207 Å². The number of rotatable bonds is 10. The Bertz CT molecular complexity index is 954. The lowest BCUT2D eigenvalue weighted by atomic mass is 9.81. The number of nitrogens with zero attached hydrogens (tertiary/aromatic N) is 1. The zero-order chi connectivity index (χ0) is 24.1. The maximum absolute atomic E-state index is 11.5. The van der Waals surface area contributed by atoms with Crippen LogP contribution >= 0.6 is 34.1 Å². The highest BCUT2D eigenvalue weighted by molar-refractivity contribution is 8.24. The number of para-hydroxylation sites is 1. The molecule has 0 aliphatic carbocycles. The van der Waals surface area contributed by atoms with Crippen LogP contribution in [-0.4, -0.2) is 44.5 Å². The Hall–Kier alpha value is -1.32. The maximum atomic E-state index is 11.5. The second-order valence-corrected chi connectivity index (χ2v) is 12.6. The number of carboxylic acid groups (broad SMARTS) is 1. The predicted octanol–water partition coefficient (Wildman–Crippen LogP) is 7.57. The smallest absolute Gasteiger partial charge is 0.313 e. The van der Waals surface area contributed by atoms with E-state index in [9.17, 15) is 13.9 Å². The molecule has 0 saturated carbocycles. The first kappa shape index (κ1) is 26.3. The molecule has 1 heterocycles. The number of carboxylic acids is 1. The molecule has 0 fully saturated rings. The molecule has 0 spiro atoms. The first-order valence-electron chi connectivity index (χ1n) is 11.3. The van der Waals surface area contributed by atoms with Crippen LogP contribution in [0.5, 0.6) is 0 Å². The lowest BCUT2D eigenvalue weighted by Crippen LogP contribution is -2.37. The number of hydrogen-bond acceptors (Lipinski definition) is 6. The molecule has 0 amide bonds. The quantitative estimate of drug-likeness (QED) is 0.285. The van der Waals surface area contributed by atoms with Crippen molar-refractivity contribution in [2.75, 3.05) is 29.2 Å². The standard InChI is InChI=1S/C25H35NO4S3/c1-4-6-12-25(5-2)17-26(20-10-8-7-9-11-20)21-14-22(31-3)19(15-32-16-24(27)28)13-23(21)33(29,30)18-25/h7-11,13-14,29-30H,4-6,12,15-18H2,1-3H3,(H,27,28). The molecule has 2 aromatic rings. The molecule has 0 aromatic heterocycles. The van der Waals surface area contributed by atoms with E-state index < -0.39 is 16.6 Å². The molecular formula is C25H35NO4S3. The summed E-state index contributed by atoms with van der Waals surface area (Å²) in [5.41, 5.74) is 2.65. The minimum atomic E-state index is -3.03. The molecule has 0 radical (unpaired) electrons. The third-order valence-electron chi connectivity index (χ3n) is 6.37. The number of benzene rings is 2. The maximum Gasteiger partial charge on any atom is 0.313 e. The second kappa shape index (κ2) is 11.4. The van der Waals surface area contributed by atoms with Crippen LogP contribution in [0.2, 0.25) is 0 Å². The Morgan fingerprint density at radius 3 is 2.52 bits per heavy atom. The van der Waals surface area contributed by atoms with Crippen molar-refractivity contribution in [3.63, 3.8) is 0 Å². The predicted molar refractivity (Wildman–Crippen MR) is 144 cm³/mol. The van der Waals surface area contributed by atoms with Crippen LogP contribution in [0.25, 0.3) is 0 Å². The van der Waals surface area contributed by atoms with Gasteiger partial charge in [-0.1, -0.05) is 44.9 Å². The largest absolute Gasteiger partial charge is 0.481 e. The number of aliphatic carboxylic acids is 1. The average Bonchev–Trinajstić information content (AvgIpc) is 2.90. The van der Waals surface area contributed by atoms with Crippen LogP contribution in [0.3, 0.4) is 0 Å². The summed E-state index contributed by atoms with van der Waals surface area (Å²) in [6.07, 6.45) is 5.95. The van der Waals surface area contributed by atoms with E-state index in [4.69, 9.17) is 5.11 Å². The second-order valence-electron chi connectivity index (χ2n) is 8.71. The number of unbranched alkanes of at least 4 members (excludes halogenated alkanes) is 1. The first-order valence-corrected chi connectivity index (χ1v) is 15.4. The summed E-state index contributed by atoms with van der Waals surface area (Å²) in [5.74, 6) is 0.0508. The fourth-order valence-corrected chi connectivity index (χ4v) is 8.25. The van der Waals surface area contributed by atoms with E-state index in [0.717, 1.165) is 54.1 Å². The molecule has 33 heavy (non-hydrogen) atoms. The summed E-state index contributed by atoms with van der Waals surface area (Å²) in [5, 5.41) is 9.04. The minimum absolute atomic E-state index is 0.0211. The molecular weight excluding hydrogens is 474 g/mol. The van der Waals surface area contributed by atoms with Gasteiger partial charge in [0.2, 0.25) is 0 Å². The SMILES string of the molecule is CCCCC1(CC)CN(c2ccccc2)c2cc(SC)c(CSCC(=O)O)cc2S(O)(O)C1. The summed E-state index contributed by atoms with van der Waals surface area (Å²) in [4.78, 5) is 14.9. The van der Waals surface area contributed by atoms with Gasteiger partial charge in [-0.25, -0.2) is 0 Å². The fraction of sp³-hybridized carbons (Fsp3) is 0.480. The molecule has 0 bridgehead atoms. The van der Waals surface area contributed by atoms with Crippen molar-refractivity contribution in [2.24, 2.45) is 5.41 Å². The van der Waals surface area contributed by atoms with Crippen LogP contribution in [0.15, 0.2) is 52.3 Å². The molecule has 3 N–H and O–H groups in total. The van der Waals surface area contributed by atoms with Crippen molar-refractivity contribution < 1.29 is 19.0 Å². The van der Waals surface area contributed by atoms with Crippen molar-refractivity contribution in [2.45, 2.75) is 55.1 Å². The van der Waals surface area contributed by atoms with E-state index in [-0.39, 0.29) is 11.2 Å². The van der Waals surface area contributed by atoms with Gasteiger partial charge in [0.25, 0.3) is 0 Å². The van der Waals surface area contributed by atoms with E-state index in [0.29, 0.717) is 16.4 Å². The van der Waals surface area contributed by atoms with E-state index in [2.05, 4.69) is 36.9 Å². The molecule has 8 heteroatoms. The normalized spacial score (nSPS) is 20.7.